The number of nitrogens with one attached hydrogen (secondary N) is 1. The number of halogens is 1. The van der Waals surface area contributed by atoms with Gasteiger partial charge in [0.15, 0.2) is 0 Å². The molecule has 13 heavy (non-hydrogen) atoms. The maximum atomic E-state index is 13.0. The highest BCUT2D eigenvalue weighted by molar-refractivity contribution is 5.45. The van der Waals surface area contributed by atoms with Crippen molar-refractivity contribution < 1.29 is 4.39 Å². The van der Waals surface area contributed by atoms with E-state index in [9.17, 15) is 4.39 Å². The summed E-state index contributed by atoms with van der Waals surface area (Å²) in [6, 6.07) is 8.43. The van der Waals surface area contributed by atoms with Crippen LogP contribution in [0.15, 0.2) is 24.3 Å². The van der Waals surface area contributed by atoms with E-state index in [1.807, 2.05) is 13.0 Å². The molecule has 0 aliphatic carbocycles. The van der Waals surface area contributed by atoms with Gasteiger partial charge in [-0.25, -0.2) is 4.39 Å². The first-order valence-electron chi connectivity index (χ1n) is 4.12. The average Bonchev–Trinajstić information content (AvgIpc) is 2.09. The quantitative estimate of drug-likeness (QED) is 0.772. The fourth-order valence-corrected chi connectivity index (χ4v) is 1.03. The van der Waals surface area contributed by atoms with Crippen molar-refractivity contribution in [1.82, 2.24) is 0 Å². The Bertz CT molecular complexity index is 317. The van der Waals surface area contributed by atoms with Gasteiger partial charge < -0.3 is 5.32 Å². The Morgan fingerprint density at radius 2 is 2.23 bits per heavy atom. The third-order valence-corrected chi connectivity index (χ3v) is 1.67. The topological polar surface area (TPSA) is 35.8 Å². The van der Waals surface area contributed by atoms with Crippen LogP contribution < -0.4 is 5.32 Å². The van der Waals surface area contributed by atoms with Crippen molar-refractivity contribution >= 4 is 5.69 Å². The van der Waals surface area contributed by atoms with E-state index in [0.717, 1.165) is 0 Å². The zero-order chi connectivity index (χ0) is 9.68. The molecule has 2 nitrogen and oxygen atoms in total. The Morgan fingerprint density at radius 1 is 1.54 bits per heavy atom. The lowest BCUT2D eigenvalue weighted by Gasteiger charge is -2.11. The summed E-state index contributed by atoms with van der Waals surface area (Å²) in [6.07, 6.45) is 0.369. The molecule has 0 bridgehead atoms. The van der Waals surface area contributed by atoms with Gasteiger partial charge >= 0.3 is 0 Å². The van der Waals surface area contributed by atoms with Crippen LogP contribution in [0.1, 0.15) is 13.3 Å². The lowest BCUT2D eigenvalue weighted by Crippen LogP contribution is -2.14. The highest BCUT2D eigenvalue weighted by Crippen LogP contribution is 2.13. The maximum absolute atomic E-state index is 13.0. The summed E-state index contributed by atoms with van der Waals surface area (Å²) in [5, 5.41) is 11.3. The van der Waals surface area contributed by atoms with Crippen LogP contribution in [0.2, 0.25) is 0 Å². The highest BCUT2D eigenvalue weighted by atomic mass is 19.1. The third-order valence-electron chi connectivity index (χ3n) is 1.67. The molecular formula is C10H11FN2. The van der Waals surface area contributed by atoms with Crippen molar-refractivity contribution in [2.24, 2.45) is 0 Å². The summed E-state index contributed by atoms with van der Waals surface area (Å²) in [5.74, 6) is -0.285. The molecule has 1 rings (SSSR count). The Hall–Kier alpha value is -1.56. The first-order valence-corrected chi connectivity index (χ1v) is 4.12. The van der Waals surface area contributed by atoms with Crippen molar-refractivity contribution in [3.05, 3.63) is 30.1 Å². The van der Waals surface area contributed by atoms with Crippen molar-refractivity contribution in [2.75, 3.05) is 5.32 Å². The van der Waals surface area contributed by atoms with Crippen LogP contribution >= 0.6 is 0 Å². The van der Waals surface area contributed by atoms with Gasteiger partial charge in [-0.15, -0.1) is 0 Å². The Kier molecular flexibility index (Phi) is 3.27. The number of para-hydroxylation sites is 1. The lowest BCUT2D eigenvalue weighted by molar-refractivity contribution is 0.626. The van der Waals surface area contributed by atoms with Gasteiger partial charge in [0.1, 0.15) is 5.82 Å². The highest BCUT2D eigenvalue weighted by Gasteiger charge is 2.04. The van der Waals surface area contributed by atoms with E-state index in [-0.39, 0.29) is 11.9 Å². The van der Waals surface area contributed by atoms with Gasteiger partial charge in [-0.2, -0.15) is 5.26 Å². The number of rotatable bonds is 3. The molecule has 0 radical (unpaired) electrons. The van der Waals surface area contributed by atoms with Crippen molar-refractivity contribution in [3.8, 4) is 6.07 Å². The van der Waals surface area contributed by atoms with E-state index in [0.29, 0.717) is 12.1 Å². The Balaban J connectivity index is 2.64. The number of anilines is 1. The molecule has 1 unspecified atom stereocenters. The van der Waals surface area contributed by atoms with E-state index in [4.69, 9.17) is 5.26 Å². The molecule has 1 N–H and O–H groups in total. The SMILES string of the molecule is CC(CC#N)Nc1ccccc1F. The monoisotopic (exact) mass is 178 g/mol. The zero-order valence-electron chi connectivity index (χ0n) is 7.42. The number of benzene rings is 1. The first-order chi connectivity index (χ1) is 6.24. The van der Waals surface area contributed by atoms with Gasteiger partial charge in [-0.1, -0.05) is 12.1 Å². The molecule has 0 heterocycles. The minimum absolute atomic E-state index is 0.0260. The molecule has 0 amide bonds. The summed E-state index contributed by atoms with van der Waals surface area (Å²) in [6.45, 7) is 1.84. The number of nitrogens with zero attached hydrogens (tertiary/aromatic N) is 1. The second kappa shape index (κ2) is 4.46. The fraction of sp³-hybridized carbons (Fsp3) is 0.300. The van der Waals surface area contributed by atoms with Crippen LogP contribution in [-0.4, -0.2) is 6.04 Å². The molecule has 0 aromatic heterocycles. The van der Waals surface area contributed by atoms with Crippen LogP contribution in [0.3, 0.4) is 0 Å². The van der Waals surface area contributed by atoms with Crippen LogP contribution in [-0.2, 0) is 0 Å². The first kappa shape index (κ1) is 9.53. The summed E-state index contributed by atoms with van der Waals surface area (Å²) < 4.78 is 13.0. The minimum atomic E-state index is -0.285. The minimum Gasteiger partial charge on any atom is -0.379 e. The van der Waals surface area contributed by atoms with Gasteiger partial charge in [0.05, 0.1) is 18.2 Å². The molecule has 0 aliphatic heterocycles. The Morgan fingerprint density at radius 3 is 2.85 bits per heavy atom. The maximum Gasteiger partial charge on any atom is 0.146 e. The van der Waals surface area contributed by atoms with Gasteiger partial charge in [0, 0.05) is 6.04 Å². The fourth-order valence-electron chi connectivity index (χ4n) is 1.03. The molecule has 1 atom stereocenters. The van der Waals surface area contributed by atoms with Gasteiger partial charge in [-0.05, 0) is 19.1 Å². The molecule has 0 aliphatic rings. The lowest BCUT2D eigenvalue weighted by atomic mass is 10.2. The van der Waals surface area contributed by atoms with Crippen LogP contribution in [0.4, 0.5) is 10.1 Å². The van der Waals surface area contributed by atoms with Gasteiger partial charge in [0.2, 0.25) is 0 Å². The van der Waals surface area contributed by atoms with E-state index in [1.165, 1.54) is 6.07 Å². The van der Waals surface area contributed by atoms with E-state index >= 15 is 0 Å². The molecule has 0 fully saturated rings. The summed E-state index contributed by atoms with van der Waals surface area (Å²) >= 11 is 0. The Labute approximate surface area is 77.0 Å². The number of nitriles is 1. The van der Waals surface area contributed by atoms with Crippen molar-refractivity contribution in [2.45, 2.75) is 19.4 Å². The van der Waals surface area contributed by atoms with Gasteiger partial charge in [0.25, 0.3) is 0 Å². The second-order valence-electron chi connectivity index (χ2n) is 2.89. The predicted molar refractivity (Wildman–Crippen MR) is 49.7 cm³/mol. The van der Waals surface area contributed by atoms with Crippen molar-refractivity contribution in [3.63, 3.8) is 0 Å². The predicted octanol–water partition coefficient (Wildman–Crippen LogP) is 2.54. The molecule has 0 saturated carbocycles. The summed E-state index contributed by atoms with van der Waals surface area (Å²) in [4.78, 5) is 0. The molecule has 1 aromatic rings. The molecule has 1 aromatic carbocycles. The van der Waals surface area contributed by atoms with Crippen LogP contribution in [0.25, 0.3) is 0 Å². The molecule has 0 saturated heterocycles. The zero-order valence-corrected chi connectivity index (χ0v) is 7.42. The summed E-state index contributed by atoms with van der Waals surface area (Å²) in [7, 11) is 0. The standard InChI is InChI=1S/C10H11FN2/c1-8(6-7-12)13-10-5-3-2-4-9(10)11/h2-5,8,13H,6H2,1H3. The van der Waals surface area contributed by atoms with Crippen molar-refractivity contribution in [1.29, 1.82) is 5.26 Å². The van der Waals surface area contributed by atoms with Gasteiger partial charge in [-0.3, -0.25) is 0 Å². The molecule has 3 heteroatoms. The average molecular weight is 178 g/mol. The number of hydrogen-bond acceptors (Lipinski definition) is 2. The van der Waals surface area contributed by atoms with E-state index < -0.39 is 0 Å². The largest absolute Gasteiger partial charge is 0.379 e. The van der Waals surface area contributed by atoms with Crippen LogP contribution in [0.5, 0.6) is 0 Å². The molecule has 0 spiro atoms. The molecular weight excluding hydrogens is 167 g/mol. The number of hydrogen-bond donors (Lipinski definition) is 1. The summed E-state index contributed by atoms with van der Waals surface area (Å²) in [5.41, 5.74) is 0.449. The third kappa shape index (κ3) is 2.75. The normalized spacial score (nSPS) is 11.8. The van der Waals surface area contributed by atoms with E-state index in [2.05, 4.69) is 5.32 Å². The van der Waals surface area contributed by atoms with Crippen LogP contribution in [0, 0.1) is 17.1 Å². The second-order valence-corrected chi connectivity index (χ2v) is 2.89. The van der Waals surface area contributed by atoms with E-state index in [1.54, 1.807) is 18.2 Å². The molecule has 68 valence electrons. The smallest absolute Gasteiger partial charge is 0.146 e.